The van der Waals surface area contributed by atoms with Crippen LogP contribution in [0.25, 0.3) is 11.2 Å². The quantitative estimate of drug-likeness (QED) is 0.567. The standard InChI is InChI=1S/C7H4N4O3/c12-6(7(13)14)11-3-10-4-1-8-2-9-5(4)11/h1-3H,(H,13,14). The van der Waals surface area contributed by atoms with Crippen molar-refractivity contribution in [2.75, 3.05) is 0 Å². The summed E-state index contributed by atoms with van der Waals surface area (Å²) in [6.45, 7) is 0. The average molecular weight is 192 g/mol. The number of imidazole rings is 1. The number of aromatic nitrogens is 4. The number of nitrogens with zero attached hydrogens (tertiary/aromatic N) is 4. The number of aliphatic carboxylic acids is 1. The van der Waals surface area contributed by atoms with Crippen molar-refractivity contribution in [3.05, 3.63) is 18.9 Å². The van der Waals surface area contributed by atoms with E-state index in [0.29, 0.717) is 5.52 Å². The Bertz CT molecular complexity index is 518. The molecule has 2 aromatic heterocycles. The molecule has 0 atom stereocenters. The monoisotopic (exact) mass is 192 g/mol. The molecule has 1 N–H and O–H groups in total. The Labute approximate surface area is 77.0 Å². The Morgan fingerprint density at radius 1 is 1.36 bits per heavy atom. The van der Waals surface area contributed by atoms with Gasteiger partial charge in [-0.2, -0.15) is 0 Å². The second kappa shape index (κ2) is 2.87. The molecule has 0 aliphatic heterocycles. The molecule has 0 bridgehead atoms. The summed E-state index contributed by atoms with van der Waals surface area (Å²) in [5.41, 5.74) is 0.564. The molecule has 0 amide bonds. The molecule has 0 aliphatic rings. The minimum absolute atomic E-state index is 0.187. The zero-order chi connectivity index (χ0) is 10.1. The zero-order valence-corrected chi connectivity index (χ0v) is 6.78. The number of carbonyl (C=O) groups excluding carboxylic acids is 1. The third kappa shape index (κ3) is 1.11. The molecular weight excluding hydrogens is 188 g/mol. The fourth-order valence-electron chi connectivity index (χ4n) is 1.02. The third-order valence-electron chi connectivity index (χ3n) is 1.61. The highest BCUT2D eigenvalue weighted by atomic mass is 16.4. The van der Waals surface area contributed by atoms with Gasteiger partial charge in [-0.3, -0.25) is 4.79 Å². The van der Waals surface area contributed by atoms with E-state index < -0.39 is 11.9 Å². The van der Waals surface area contributed by atoms with Crippen LogP contribution in [0.4, 0.5) is 0 Å². The lowest BCUT2D eigenvalue weighted by Crippen LogP contribution is -2.20. The Balaban J connectivity index is 2.64. The summed E-state index contributed by atoms with van der Waals surface area (Å²) in [6, 6.07) is 0. The Kier molecular flexibility index (Phi) is 1.70. The lowest BCUT2D eigenvalue weighted by molar-refractivity contribution is -0.132. The van der Waals surface area contributed by atoms with Crippen LogP contribution in [-0.2, 0) is 4.79 Å². The molecule has 0 saturated carbocycles. The molecule has 0 aliphatic carbocycles. The van der Waals surface area contributed by atoms with E-state index in [0.717, 1.165) is 10.9 Å². The highest BCUT2D eigenvalue weighted by Gasteiger charge is 2.17. The van der Waals surface area contributed by atoms with Crippen LogP contribution in [0.2, 0.25) is 0 Å². The van der Waals surface area contributed by atoms with Crippen molar-refractivity contribution in [3.63, 3.8) is 0 Å². The Hall–Kier alpha value is -2.31. The van der Waals surface area contributed by atoms with Gasteiger partial charge < -0.3 is 5.11 Å². The minimum Gasteiger partial charge on any atom is -0.474 e. The molecule has 7 nitrogen and oxygen atoms in total. The number of carboxylic acid groups (broad SMARTS) is 1. The maximum Gasteiger partial charge on any atom is 0.395 e. The molecule has 0 fully saturated rings. The highest BCUT2D eigenvalue weighted by molar-refractivity contribution is 6.33. The average Bonchev–Trinajstić information content (AvgIpc) is 2.60. The van der Waals surface area contributed by atoms with E-state index >= 15 is 0 Å². The van der Waals surface area contributed by atoms with Gasteiger partial charge in [0.25, 0.3) is 0 Å². The molecule has 2 rings (SSSR count). The van der Waals surface area contributed by atoms with Crippen LogP contribution < -0.4 is 0 Å². The lowest BCUT2D eigenvalue weighted by Gasteiger charge is -1.95. The second-order valence-electron chi connectivity index (χ2n) is 2.46. The van der Waals surface area contributed by atoms with Gasteiger partial charge in [-0.05, 0) is 0 Å². The summed E-state index contributed by atoms with van der Waals surface area (Å²) in [5, 5.41) is 8.47. The van der Waals surface area contributed by atoms with E-state index in [2.05, 4.69) is 15.0 Å². The predicted molar refractivity (Wildman–Crippen MR) is 43.6 cm³/mol. The van der Waals surface area contributed by atoms with Crippen LogP contribution in [0.1, 0.15) is 4.79 Å². The Morgan fingerprint density at radius 3 is 2.86 bits per heavy atom. The topological polar surface area (TPSA) is 98.0 Å². The van der Waals surface area contributed by atoms with E-state index in [1.807, 2.05) is 0 Å². The van der Waals surface area contributed by atoms with Gasteiger partial charge in [0, 0.05) is 0 Å². The second-order valence-corrected chi connectivity index (χ2v) is 2.46. The number of fused-ring (bicyclic) bond motifs is 1. The summed E-state index contributed by atoms with van der Waals surface area (Å²) >= 11 is 0. The van der Waals surface area contributed by atoms with Crippen LogP contribution in [0.3, 0.4) is 0 Å². The van der Waals surface area contributed by atoms with Gasteiger partial charge in [0.05, 0.1) is 6.20 Å². The van der Waals surface area contributed by atoms with E-state index in [1.165, 1.54) is 12.5 Å². The molecule has 2 heterocycles. The SMILES string of the molecule is O=C(O)C(=O)n1cnc2cncnc21. The Morgan fingerprint density at radius 2 is 2.14 bits per heavy atom. The molecule has 0 unspecified atom stereocenters. The summed E-state index contributed by atoms with van der Waals surface area (Å²) in [5.74, 6) is -2.64. The summed E-state index contributed by atoms with van der Waals surface area (Å²) < 4.78 is 0.860. The van der Waals surface area contributed by atoms with Crippen LogP contribution in [0, 0.1) is 0 Å². The minimum atomic E-state index is -1.55. The van der Waals surface area contributed by atoms with E-state index in [9.17, 15) is 9.59 Å². The molecule has 7 heteroatoms. The molecule has 0 aromatic carbocycles. The van der Waals surface area contributed by atoms with Gasteiger partial charge in [0.15, 0.2) is 5.65 Å². The number of rotatable bonds is 0. The zero-order valence-electron chi connectivity index (χ0n) is 6.78. The van der Waals surface area contributed by atoms with Crippen LogP contribution in [0.5, 0.6) is 0 Å². The van der Waals surface area contributed by atoms with Crippen molar-refractivity contribution in [2.24, 2.45) is 0 Å². The van der Waals surface area contributed by atoms with Crippen LogP contribution in [-0.4, -0.2) is 36.5 Å². The molecule has 0 radical (unpaired) electrons. The first-order chi connectivity index (χ1) is 6.70. The molecule has 14 heavy (non-hydrogen) atoms. The van der Waals surface area contributed by atoms with E-state index in [4.69, 9.17) is 5.11 Å². The molecular formula is C7H4N4O3. The van der Waals surface area contributed by atoms with Gasteiger partial charge in [0.1, 0.15) is 18.2 Å². The number of carboxylic acids is 1. The lowest BCUT2D eigenvalue weighted by atomic mass is 10.5. The molecule has 2 aromatic rings. The highest BCUT2D eigenvalue weighted by Crippen LogP contribution is 2.06. The van der Waals surface area contributed by atoms with Crippen LogP contribution >= 0.6 is 0 Å². The van der Waals surface area contributed by atoms with Gasteiger partial charge in [0.2, 0.25) is 0 Å². The first-order valence-corrected chi connectivity index (χ1v) is 3.61. The summed E-state index contributed by atoms with van der Waals surface area (Å²) in [4.78, 5) is 32.7. The largest absolute Gasteiger partial charge is 0.474 e. The van der Waals surface area contributed by atoms with Crippen molar-refractivity contribution in [1.29, 1.82) is 0 Å². The van der Waals surface area contributed by atoms with Crippen molar-refractivity contribution in [2.45, 2.75) is 0 Å². The first-order valence-electron chi connectivity index (χ1n) is 3.61. The third-order valence-corrected chi connectivity index (χ3v) is 1.61. The number of carbonyl (C=O) groups is 2. The summed E-state index contributed by atoms with van der Waals surface area (Å²) in [6.07, 6.45) is 3.72. The van der Waals surface area contributed by atoms with E-state index in [-0.39, 0.29) is 5.65 Å². The smallest absolute Gasteiger partial charge is 0.395 e. The summed E-state index contributed by atoms with van der Waals surface area (Å²) in [7, 11) is 0. The molecule has 0 spiro atoms. The van der Waals surface area contributed by atoms with Crippen LogP contribution in [0.15, 0.2) is 18.9 Å². The van der Waals surface area contributed by atoms with Gasteiger partial charge >= 0.3 is 11.9 Å². The fourth-order valence-corrected chi connectivity index (χ4v) is 1.02. The molecule has 0 saturated heterocycles. The maximum atomic E-state index is 11.1. The number of hydrogen-bond donors (Lipinski definition) is 1. The van der Waals surface area contributed by atoms with Gasteiger partial charge in [-0.25, -0.2) is 24.3 Å². The van der Waals surface area contributed by atoms with Crippen molar-refractivity contribution in [1.82, 2.24) is 19.5 Å². The number of hydrogen-bond acceptors (Lipinski definition) is 5. The maximum absolute atomic E-state index is 11.1. The predicted octanol–water partition coefficient (Wildman–Crippen LogP) is -0.449. The van der Waals surface area contributed by atoms with Crippen molar-refractivity contribution in [3.8, 4) is 0 Å². The van der Waals surface area contributed by atoms with Crippen molar-refractivity contribution >= 4 is 23.0 Å². The van der Waals surface area contributed by atoms with Gasteiger partial charge in [-0.15, -0.1) is 0 Å². The normalized spacial score (nSPS) is 10.3. The first kappa shape index (κ1) is 8.30. The molecule has 70 valence electrons. The van der Waals surface area contributed by atoms with Gasteiger partial charge in [-0.1, -0.05) is 0 Å². The fraction of sp³-hybridized carbons (Fsp3) is 0. The van der Waals surface area contributed by atoms with E-state index in [1.54, 1.807) is 0 Å². The van der Waals surface area contributed by atoms with Crippen molar-refractivity contribution < 1.29 is 14.7 Å².